The second-order valence-electron chi connectivity index (χ2n) is 8.88. The largest absolute Gasteiger partial charge is 0.348 e. The van der Waals surface area contributed by atoms with Gasteiger partial charge in [-0.3, -0.25) is 9.59 Å². The molecule has 1 aliphatic carbocycles. The van der Waals surface area contributed by atoms with Crippen LogP contribution in [0.3, 0.4) is 0 Å². The number of benzene rings is 2. The van der Waals surface area contributed by atoms with Crippen LogP contribution in [0.15, 0.2) is 53.7 Å². The van der Waals surface area contributed by atoms with Crippen molar-refractivity contribution in [3.8, 4) is 6.07 Å². The third-order valence-corrected chi connectivity index (χ3v) is 6.85. The lowest BCUT2D eigenvalue weighted by Crippen LogP contribution is -2.43. The first kappa shape index (κ1) is 22.7. The Morgan fingerprint density at radius 3 is 2.83 bits per heavy atom. The van der Waals surface area contributed by atoms with E-state index in [4.69, 9.17) is 11.6 Å². The van der Waals surface area contributed by atoms with Crippen LogP contribution in [0.5, 0.6) is 0 Å². The highest BCUT2D eigenvalue weighted by molar-refractivity contribution is 6.30. The molecule has 1 fully saturated rings. The van der Waals surface area contributed by atoms with Crippen LogP contribution < -0.4 is 10.9 Å². The Balaban J connectivity index is 1.26. The molecule has 1 atom stereocenters. The van der Waals surface area contributed by atoms with Gasteiger partial charge in [0.1, 0.15) is 0 Å². The number of carbonyl (C=O) groups excluding carboxylic acids is 1. The second-order valence-corrected chi connectivity index (χ2v) is 9.32. The lowest BCUT2D eigenvalue weighted by atomic mass is 9.74. The molecule has 1 N–H and O–H groups in total. The van der Waals surface area contributed by atoms with E-state index >= 15 is 0 Å². The fraction of sp³-hybridized carbons (Fsp3) is 0.280. The maximum atomic E-state index is 12.7. The quantitative estimate of drug-likeness (QED) is 0.461. The number of carbonyl (C=O) groups is 1. The zero-order valence-corrected chi connectivity index (χ0v) is 19.9. The number of aryl methyl sites for hydroxylation is 1. The molecule has 2 aromatic heterocycles. The molecule has 2 heterocycles. The lowest BCUT2D eigenvalue weighted by molar-refractivity contribution is 0.0903. The molecule has 5 rings (SSSR count). The van der Waals surface area contributed by atoms with Gasteiger partial charge in [-0.2, -0.15) is 5.26 Å². The van der Waals surface area contributed by atoms with E-state index in [2.05, 4.69) is 26.7 Å². The van der Waals surface area contributed by atoms with Gasteiger partial charge in [-0.15, -0.1) is 5.10 Å². The number of hydrogen-bond donors (Lipinski definition) is 1. The van der Waals surface area contributed by atoms with Crippen molar-refractivity contribution < 1.29 is 4.79 Å². The maximum absolute atomic E-state index is 12.7. The number of nitrogens with zero attached hydrogens (tertiary/aromatic N) is 6. The number of fused-ring (bicyclic) bond motifs is 1. The summed E-state index contributed by atoms with van der Waals surface area (Å²) >= 11 is 6.10. The Bertz CT molecular complexity index is 1550. The zero-order chi connectivity index (χ0) is 24.7. The Hall–Kier alpha value is -4.03. The monoisotopic (exact) mass is 487 g/mol. The third-order valence-electron chi connectivity index (χ3n) is 6.61. The molecule has 1 aliphatic rings. The topological polar surface area (TPSA) is 118 Å². The van der Waals surface area contributed by atoms with E-state index in [0.29, 0.717) is 21.5 Å². The number of amides is 1. The van der Waals surface area contributed by atoms with Crippen molar-refractivity contribution in [2.45, 2.75) is 37.8 Å². The molecule has 0 bridgehead atoms. The Morgan fingerprint density at radius 2 is 2.06 bits per heavy atom. The van der Waals surface area contributed by atoms with Gasteiger partial charge in [0.05, 0.1) is 41.1 Å². The van der Waals surface area contributed by atoms with Crippen molar-refractivity contribution in [3.63, 3.8) is 0 Å². The Labute approximate surface area is 206 Å². The van der Waals surface area contributed by atoms with Gasteiger partial charge in [-0.1, -0.05) is 22.9 Å². The highest BCUT2D eigenvalue weighted by atomic mass is 35.5. The lowest BCUT2D eigenvalue weighted by Gasteiger charge is -2.36. The van der Waals surface area contributed by atoms with E-state index in [0.717, 1.165) is 24.0 Å². The number of halogens is 1. The summed E-state index contributed by atoms with van der Waals surface area (Å²) < 4.78 is 3.04. The standard InChI is InChI=1S/C25H22ClN7O2/c1-14(15-4-6-22-21(9-15)25(35)32(2)13-28-22)33-12-23(30-31-33)24(34)29-19-7-17(8-19)20-10-18(26)5-3-16(20)11-27/h3-6,9-10,12-14,17,19H,7-8H2,1-2H3,(H,29,34)/t14-,17-,19+/m1/s1. The van der Waals surface area contributed by atoms with Crippen LogP contribution in [0.1, 0.15) is 58.9 Å². The number of hydrogen-bond acceptors (Lipinski definition) is 6. The van der Waals surface area contributed by atoms with Crippen LogP contribution in [0.2, 0.25) is 5.02 Å². The average molecular weight is 488 g/mol. The minimum atomic E-state index is -0.296. The van der Waals surface area contributed by atoms with Crippen molar-refractivity contribution in [3.05, 3.63) is 86.7 Å². The molecule has 2 aromatic carbocycles. The second kappa shape index (κ2) is 8.96. The molecule has 35 heavy (non-hydrogen) atoms. The van der Waals surface area contributed by atoms with Crippen LogP contribution in [0, 0.1) is 11.3 Å². The number of rotatable bonds is 5. The molecule has 1 saturated carbocycles. The summed E-state index contributed by atoms with van der Waals surface area (Å²) in [7, 11) is 1.66. The first-order valence-corrected chi connectivity index (χ1v) is 11.6. The SMILES string of the molecule is C[C@H](c1ccc2ncn(C)c(=O)c2c1)n1cc(C(=O)N[C@H]2C[C@@H](c3cc(Cl)ccc3C#N)C2)nn1. The fourth-order valence-corrected chi connectivity index (χ4v) is 4.61. The summed E-state index contributed by atoms with van der Waals surface area (Å²) in [5.41, 5.74) is 3.12. The molecule has 0 saturated heterocycles. The van der Waals surface area contributed by atoms with Crippen molar-refractivity contribution in [1.82, 2.24) is 29.9 Å². The van der Waals surface area contributed by atoms with Gasteiger partial charge in [0.15, 0.2) is 5.69 Å². The molecule has 4 aromatic rings. The molecule has 0 radical (unpaired) electrons. The van der Waals surface area contributed by atoms with Crippen LogP contribution in [0.4, 0.5) is 0 Å². The van der Waals surface area contributed by atoms with Crippen LogP contribution in [-0.4, -0.2) is 36.5 Å². The molecule has 9 nitrogen and oxygen atoms in total. The van der Waals surface area contributed by atoms with Crippen LogP contribution in [0.25, 0.3) is 10.9 Å². The van der Waals surface area contributed by atoms with E-state index in [1.165, 1.54) is 10.9 Å². The predicted molar refractivity (Wildman–Crippen MR) is 130 cm³/mol. The zero-order valence-electron chi connectivity index (χ0n) is 19.1. The molecular formula is C25H22ClN7O2. The van der Waals surface area contributed by atoms with E-state index < -0.39 is 0 Å². The van der Waals surface area contributed by atoms with Gasteiger partial charge in [-0.05, 0) is 67.1 Å². The highest BCUT2D eigenvalue weighted by Crippen LogP contribution is 2.39. The van der Waals surface area contributed by atoms with Gasteiger partial charge in [0, 0.05) is 18.1 Å². The molecular weight excluding hydrogens is 466 g/mol. The fourth-order valence-electron chi connectivity index (χ4n) is 4.43. The summed E-state index contributed by atoms with van der Waals surface area (Å²) in [5.74, 6) is -0.116. The minimum absolute atomic E-state index is 0.00944. The predicted octanol–water partition coefficient (Wildman–Crippen LogP) is 3.34. The number of aromatic nitrogens is 5. The summed E-state index contributed by atoms with van der Waals surface area (Å²) in [5, 5.41) is 21.6. The summed E-state index contributed by atoms with van der Waals surface area (Å²) in [6.07, 6.45) is 4.56. The van der Waals surface area contributed by atoms with Gasteiger partial charge in [0.2, 0.25) is 0 Å². The summed E-state index contributed by atoms with van der Waals surface area (Å²) in [6.45, 7) is 1.92. The third kappa shape index (κ3) is 4.29. The minimum Gasteiger partial charge on any atom is -0.348 e. The average Bonchev–Trinajstić information content (AvgIpc) is 3.33. The molecule has 176 valence electrons. The molecule has 1 amide bonds. The highest BCUT2D eigenvalue weighted by Gasteiger charge is 2.33. The maximum Gasteiger partial charge on any atom is 0.273 e. The van der Waals surface area contributed by atoms with Crippen molar-refractivity contribution >= 4 is 28.4 Å². The molecule has 10 heteroatoms. The summed E-state index contributed by atoms with van der Waals surface area (Å²) in [6, 6.07) is 12.7. The molecule has 0 spiro atoms. The van der Waals surface area contributed by atoms with Crippen molar-refractivity contribution in [2.75, 3.05) is 0 Å². The van der Waals surface area contributed by atoms with Crippen molar-refractivity contribution in [1.29, 1.82) is 5.26 Å². The van der Waals surface area contributed by atoms with E-state index in [1.807, 2.05) is 19.1 Å². The van der Waals surface area contributed by atoms with Gasteiger partial charge >= 0.3 is 0 Å². The van der Waals surface area contributed by atoms with Gasteiger partial charge in [-0.25, -0.2) is 9.67 Å². The van der Waals surface area contributed by atoms with Gasteiger partial charge < -0.3 is 9.88 Å². The van der Waals surface area contributed by atoms with Crippen molar-refractivity contribution in [2.24, 2.45) is 7.05 Å². The van der Waals surface area contributed by atoms with E-state index in [-0.39, 0.29) is 35.2 Å². The molecule has 0 aliphatic heterocycles. The Kier molecular flexibility index (Phi) is 5.83. The van der Waals surface area contributed by atoms with E-state index in [9.17, 15) is 14.9 Å². The number of nitrogens with one attached hydrogen (secondary N) is 1. The van der Waals surface area contributed by atoms with Crippen LogP contribution in [-0.2, 0) is 7.05 Å². The van der Waals surface area contributed by atoms with E-state index in [1.54, 1.807) is 42.2 Å². The molecule has 0 unspecified atom stereocenters. The normalized spacial score (nSPS) is 18.0. The van der Waals surface area contributed by atoms with Crippen LogP contribution >= 0.6 is 11.6 Å². The van der Waals surface area contributed by atoms with Gasteiger partial charge in [0.25, 0.3) is 11.5 Å². The number of nitriles is 1. The smallest absolute Gasteiger partial charge is 0.273 e. The first-order valence-electron chi connectivity index (χ1n) is 11.2. The summed E-state index contributed by atoms with van der Waals surface area (Å²) in [4.78, 5) is 29.5. The first-order chi connectivity index (χ1) is 16.8. The Morgan fingerprint density at radius 1 is 1.26 bits per heavy atom.